The number of benzene rings is 1. The Labute approximate surface area is 184 Å². The molecule has 3 heterocycles. The zero-order valence-electron chi connectivity index (χ0n) is 18.6. The number of pyridine rings is 1. The maximum Gasteiger partial charge on any atom is 0.224 e. The number of hydrogen-bond acceptors (Lipinski definition) is 3. The summed E-state index contributed by atoms with van der Waals surface area (Å²) in [7, 11) is 0. The summed E-state index contributed by atoms with van der Waals surface area (Å²) < 4.78 is 2.38. The Morgan fingerprint density at radius 3 is 2.77 bits per heavy atom. The third kappa shape index (κ3) is 3.65. The van der Waals surface area contributed by atoms with Gasteiger partial charge in [0.25, 0.3) is 0 Å². The summed E-state index contributed by atoms with van der Waals surface area (Å²) in [5.74, 6) is 0.673. The van der Waals surface area contributed by atoms with E-state index >= 15 is 0 Å². The average Bonchev–Trinajstić information content (AvgIpc) is 3.18. The number of aryl methyl sites for hydroxylation is 1. The summed E-state index contributed by atoms with van der Waals surface area (Å²) in [5, 5.41) is 4.65. The minimum Gasteiger partial charge on any atom is -0.355 e. The van der Waals surface area contributed by atoms with Crippen LogP contribution in [0.3, 0.4) is 0 Å². The van der Waals surface area contributed by atoms with Crippen LogP contribution in [0, 0.1) is 5.92 Å². The van der Waals surface area contributed by atoms with Gasteiger partial charge in [-0.2, -0.15) is 0 Å². The number of rotatable bonds is 6. The summed E-state index contributed by atoms with van der Waals surface area (Å²) in [5.41, 5.74) is 5.48. The van der Waals surface area contributed by atoms with Gasteiger partial charge in [-0.3, -0.25) is 14.7 Å². The summed E-state index contributed by atoms with van der Waals surface area (Å²) >= 11 is 0. The van der Waals surface area contributed by atoms with Crippen LogP contribution in [0.25, 0.3) is 10.9 Å². The summed E-state index contributed by atoms with van der Waals surface area (Å²) in [6.45, 7) is 7.97. The molecule has 31 heavy (non-hydrogen) atoms. The third-order valence-corrected chi connectivity index (χ3v) is 7.35. The fourth-order valence-corrected chi connectivity index (χ4v) is 5.81. The quantitative estimate of drug-likeness (QED) is 0.666. The fourth-order valence-electron chi connectivity index (χ4n) is 5.81. The number of likely N-dealkylation sites (N-methyl/N-ethyl adjacent to an activating group) is 1. The molecule has 5 nitrogen and oxygen atoms in total. The molecule has 1 N–H and O–H groups in total. The molecular weight excluding hydrogens is 384 g/mol. The molecule has 5 rings (SSSR count). The highest BCUT2D eigenvalue weighted by Gasteiger charge is 2.42. The Balaban J connectivity index is 1.36. The van der Waals surface area contributed by atoms with Gasteiger partial charge in [-0.15, -0.1) is 0 Å². The lowest BCUT2D eigenvalue weighted by Crippen LogP contribution is -2.53. The summed E-state index contributed by atoms with van der Waals surface area (Å²) in [4.78, 5) is 19.7. The number of nitrogens with zero attached hydrogens (tertiary/aromatic N) is 3. The van der Waals surface area contributed by atoms with Gasteiger partial charge in [-0.05, 0) is 67.6 Å². The summed E-state index contributed by atoms with van der Waals surface area (Å²) in [6.07, 6.45) is 8.85. The minimum atomic E-state index is 0.0451. The molecule has 0 unspecified atom stereocenters. The second-order valence-corrected chi connectivity index (χ2v) is 8.98. The van der Waals surface area contributed by atoms with Crippen molar-refractivity contribution in [3.05, 3.63) is 65.6 Å². The van der Waals surface area contributed by atoms with Crippen molar-refractivity contribution in [3.8, 4) is 0 Å². The highest BCUT2D eigenvalue weighted by molar-refractivity contribution is 5.89. The van der Waals surface area contributed by atoms with E-state index in [0.29, 0.717) is 18.5 Å². The van der Waals surface area contributed by atoms with Gasteiger partial charge in [-0.25, -0.2) is 0 Å². The number of nitrogens with one attached hydrogen (secondary N) is 1. The molecule has 0 saturated carbocycles. The zero-order valence-corrected chi connectivity index (χ0v) is 18.6. The molecule has 1 aromatic carbocycles. The van der Waals surface area contributed by atoms with Crippen molar-refractivity contribution in [2.75, 3.05) is 19.6 Å². The van der Waals surface area contributed by atoms with E-state index in [0.717, 1.165) is 38.9 Å². The van der Waals surface area contributed by atoms with Gasteiger partial charge in [0, 0.05) is 61.1 Å². The molecule has 162 valence electrons. The van der Waals surface area contributed by atoms with E-state index in [1.54, 1.807) is 12.4 Å². The molecule has 0 radical (unpaired) electrons. The van der Waals surface area contributed by atoms with Crippen molar-refractivity contribution in [2.24, 2.45) is 5.92 Å². The van der Waals surface area contributed by atoms with Crippen LogP contribution in [0.5, 0.6) is 0 Å². The molecule has 2 aliphatic rings. The highest BCUT2D eigenvalue weighted by Crippen LogP contribution is 2.45. The van der Waals surface area contributed by atoms with Crippen molar-refractivity contribution in [1.29, 1.82) is 0 Å². The molecule has 1 saturated heterocycles. The molecule has 1 amide bonds. The van der Waals surface area contributed by atoms with E-state index in [-0.39, 0.29) is 11.8 Å². The van der Waals surface area contributed by atoms with Crippen LogP contribution in [0.4, 0.5) is 0 Å². The van der Waals surface area contributed by atoms with E-state index in [1.165, 1.54) is 27.6 Å². The maximum atomic E-state index is 13.1. The van der Waals surface area contributed by atoms with Gasteiger partial charge < -0.3 is 9.88 Å². The van der Waals surface area contributed by atoms with Gasteiger partial charge in [0.1, 0.15) is 0 Å². The van der Waals surface area contributed by atoms with E-state index in [9.17, 15) is 4.79 Å². The van der Waals surface area contributed by atoms with Gasteiger partial charge in [0.15, 0.2) is 0 Å². The van der Waals surface area contributed by atoms with Crippen LogP contribution < -0.4 is 5.32 Å². The van der Waals surface area contributed by atoms with E-state index < -0.39 is 0 Å². The van der Waals surface area contributed by atoms with E-state index in [1.807, 2.05) is 12.1 Å². The van der Waals surface area contributed by atoms with Crippen molar-refractivity contribution in [3.63, 3.8) is 0 Å². The number of piperidine rings is 1. The van der Waals surface area contributed by atoms with Crippen LogP contribution in [0.2, 0.25) is 0 Å². The Bertz CT molecular complexity index is 1070. The lowest BCUT2D eigenvalue weighted by molar-refractivity contribution is -0.127. The van der Waals surface area contributed by atoms with Crippen LogP contribution in [-0.4, -0.2) is 46.0 Å². The van der Waals surface area contributed by atoms with Crippen LogP contribution in [0.15, 0.2) is 48.9 Å². The lowest BCUT2D eigenvalue weighted by atomic mass is 9.72. The average molecular weight is 417 g/mol. The molecule has 0 bridgehead atoms. The van der Waals surface area contributed by atoms with Gasteiger partial charge >= 0.3 is 0 Å². The van der Waals surface area contributed by atoms with Crippen molar-refractivity contribution in [2.45, 2.75) is 51.6 Å². The molecule has 1 aliphatic carbocycles. The second-order valence-electron chi connectivity index (χ2n) is 8.98. The largest absolute Gasteiger partial charge is 0.355 e. The Morgan fingerprint density at radius 1 is 1.16 bits per heavy atom. The SMILES string of the molecule is CCN1C[C@H](C(=O)NCCc2ccncc2)C[C@@H]2c3cccc4c3c(cn4CC)C[C@H]21. The third-order valence-electron chi connectivity index (χ3n) is 7.35. The number of carbonyl (C=O) groups is 1. The maximum absolute atomic E-state index is 13.1. The van der Waals surface area contributed by atoms with Crippen LogP contribution in [-0.2, 0) is 24.2 Å². The van der Waals surface area contributed by atoms with Gasteiger partial charge in [-0.1, -0.05) is 19.1 Å². The smallest absolute Gasteiger partial charge is 0.224 e. The summed E-state index contributed by atoms with van der Waals surface area (Å²) in [6, 6.07) is 11.3. The monoisotopic (exact) mass is 416 g/mol. The first-order valence-corrected chi connectivity index (χ1v) is 11.7. The lowest BCUT2D eigenvalue weighted by Gasteiger charge is -2.46. The fraction of sp³-hybridized carbons (Fsp3) is 0.462. The van der Waals surface area contributed by atoms with Crippen molar-refractivity contribution in [1.82, 2.24) is 19.8 Å². The second kappa shape index (κ2) is 8.46. The van der Waals surface area contributed by atoms with Gasteiger partial charge in [0.05, 0.1) is 5.92 Å². The van der Waals surface area contributed by atoms with Crippen LogP contribution >= 0.6 is 0 Å². The molecule has 0 spiro atoms. The molecule has 3 atom stereocenters. The highest BCUT2D eigenvalue weighted by atomic mass is 16.1. The normalized spacial score (nSPS) is 23.0. The standard InChI is InChI=1S/C26H32N4O/c1-3-29-16-19-15-24-22(21-6-5-7-23(29)25(19)21)14-20(17-30(24)4-2)26(31)28-13-10-18-8-11-27-12-9-18/h5-9,11-12,16,20,22,24H,3-4,10,13-15,17H2,1-2H3,(H,28,31)/t20-,22-,24-/m1/s1. The van der Waals surface area contributed by atoms with Crippen molar-refractivity contribution >= 4 is 16.8 Å². The Hall–Kier alpha value is -2.66. The molecule has 1 aliphatic heterocycles. The van der Waals surface area contributed by atoms with E-state index in [4.69, 9.17) is 0 Å². The molecule has 3 aromatic rings. The Kier molecular flexibility index (Phi) is 5.53. The number of aromatic nitrogens is 2. The molecular formula is C26H32N4O. The number of carbonyl (C=O) groups excluding carboxylic acids is 1. The zero-order chi connectivity index (χ0) is 21.4. The predicted octanol–water partition coefficient (Wildman–Crippen LogP) is 3.77. The topological polar surface area (TPSA) is 50.2 Å². The number of hydrogen-bond donors (Lipinski definition) is 1. The minimum absolute atomic E-state index is 0.0451. The number of amides is 1. The Morgan fingerprint density at radius 2 is 2.00 bits per heavy atom. The first kappa shape index (κ1) is 20.3. The van der Waals surface area contributed by atoms with Crippen molar-refractivity contribution < 1.29 is 4.79 Å². The van der Waals surface area contributed by atoms with Gasteiger partial charge in [0.2, 0.25) is 5.91 Å². The first-order valence-electron chi connectivity index (χ1n) is 11.7. The molecule has 5 heteroatoms. The molecule has 2 aromatic heterocycles. The number of fused-ring (bicyclic) bond motifs is 2. The predicted molar refractivity (Wildman–Crippen MR) is 124 cm³/mol. The first-order chi connectivity index (χ1) is 15.2. The van der Waals surface area contributed by atoms with Crippen LogP contribution in [0.1, 0.15) is 42.9 Å². The molecule has 1 fully saturated rings. The van der Waals surface area contributed by atoms with E-state index in [2.05, 4.69) is 58.0 Å². The number of likely N-dealkylation sites (tertiary alicyclic amines) is 1.